The number of hydrogen-bond acceptors (Lipinski definition) is 4. The average molecular weight is 430 g/mol. The van der Waals surface area contributed by atoms with Crippen molar-refractivity contribution in [2.45, 2.75) is 0 Å². The van der Waals surface area contributed by atoms with Crippen LogP contribution in [-0.2, 0) is 0 Å². The van der Waals surface area contributed by atoms with Gasteiger partial charge < -0.3 is 14.8 Å². The molecular formula is C22H17Cl2NO4. The summed E-state index contributed by atoms with van der Waals surface area (Å²) < 4.78 is 10.7. The van der Waals surface area contributed by atoms with Crippen molar-refractivity contribution in [3.63, 3.8) is 0 Å². The van der Waals surface area contributed by atoms with Gasteiger partial charge in [-0.2, -0.15) is 0 Å². The molecule has 0 heterocycles. The first kappa shape index (κ1) is 20.7. The molecule has 0 aliphatic carbocycles. The monoisotopic (exact) mass is 429 g/mol. The van der Waals surface area contributed by atoms with Gasteiger partial charge in [0, 0.05) is 22.9 Å². The molecule has 3 aromatic rings. The fraction of sp³-hybridized carbons (Fsp3) is 0.0909. The minimum atomic E-state index is -0.340. The van der Waals surface area contributed by atoms with Gasteiger partial charge in [-0.05, 0) is 42.5 Å². The highest BCUT2D eigenvalue weighted by Gasteiger charge is 2.11. The van der Waals surface area contributed by atoms with Crippen molar-refractivity contribution in [3.05, 3.63) is 87.9 Å². The van der Waals surface area contributed by atoms with Crippen LogP contribution in [0, 0.1) is 0 Å². The molecule has 148 valence electrons. The molecule has 0 saturated carbocycles. The van der Waals surface area contributed by atoms with Gasteiger partial charge in [0.2, 0.25) is 0 Å². The Bertz CT molecular complexity index is 1050. The van der Waals surface area contributed by atoms with Crippen LogP contribution in [0.5, 0.6) is 11.5 Å². The highest BCUT2D eigenvalue weighted by molar-refractivity contribution is 6.42. The minimum Gasteiger partial charge on any atom is -0.497 e. The first-order chi connectivity index (χ1) is 14.0. The maximum Gasteiger partial charge on any atom is 0.255 e. The molecule has 0 unspecified atom stereocenters. The Morgan fingerprint density at radius 2 is 1.62 bits per heavy atom. The SMILES string of the molecule is COc1cccc(C(=O)COc2cccc(NC(=O)c3ccc(Cl)c(Cl)c3)c2)c1. The van der Waals surface area contributed by atoms with Gasteiger partial charge in [-0.1, -0.05) is 41.4 Å². The van der Waals surface area contributed by atoms with Crippen LogP contribution in [-0.4, -0.2) is 25.4 Å². The summed E-state index contributed by atoms with van der Waals surface area (Å²) in [6, 6.07) is 18.3. The van der Waals surface area contributed by atoms with Crippen molar-refractivity contribution >= 4 is 40.6 Å². The lowest BCUT2D eigenvalue weighted by atomic mass is 10.1. The second-order valence-electron chi connectivity index (χ2n) is 6.05. The second-order valence-corrected chi connectivity index (χ2v) is 6.87. The Morgan fingerprint density at radius 3 is 2.38 bits per heavy atom. The Kier molecular flexibility index (Phi) is 6.75. The van der Waals surface area contributed by atoms with E-state index < -0.39 is 0 Å². The number of nitrogens with one attached hydrogen (secondary N) is 1. The van der Waals surface area contributed by atoms with Gasteiger partial charge in [-0.25, -0.2) is 0 Å². The Balaban J connectivity index is 1.63. The third kappa shape index (κ3) is 5.50. The quantitative estimate of drug-likeness (QED) is 0.502. The number of carbonyl (C=O) groups is 2. The number of ether oxygens (including phenoxy) is 2. The predicted octanol–water partition coefficient (Wildman–Crippen LogP) is 5.52. The topological polar surface area (TPSA) is 64.6 Å². The summed E-state index contributed by atoms with van der Waals surface area (Å²) in [5, 5.41) is 3.43. The molecule has 1 N–H and O–H groups in total. The summed E-state index contributed by atoms with van der Waals surface area (Å²) in [5.41, 5.74) is 1.39. The molecule has 29 heavy (non-hydrogen) atoms. The van der Waals surface area contributed by atoms with Gasteiger partial charge in [0.1, 0.15) is 11.5 Å². The highest BCUT2D eigenvalue weighted by atomic mass is 35.5. The van der Waals surface area contributed by atoms with Crippen molar-refractivity contribution in [1.82, 2.24) is 0 Å². The van der Waals surface area contributed by atoms with Crippen LogP contribution >= 0.6 is 23.2 Å². The zero-order valence-corrected chi connectivity index (χ0v) is 17.0. The third-order valence-corrected chi connectivity index (χ3v) is 4.77. The molecule has 0 spiro atoms. The van der Waals surface area contributed by atoms with Crippen LogP contribution in [0.3, 0.4) is 0 Å². The first-order valence-electron chi connectivity index (χ1n) is 8.63. The van der Waals surface area contributed by atoms with E-state index in [1.54, 1.807) is 60.7 Å². The number of benzene rings is 3. The molecule has 0 atom stereocenters. The van der Waals surface area contributed by atoms with E-state index in [1.165, 1.54) is 13.2 Å². The summed E-state index contributed by atoms with van der Waals surface area (Å²) in [4.78, 5) is 24.7. The summed E-state index contributed by atoms with van der Waals surface area (Å²) in [6.07, 6.45) is 0. The standard InChI is InChI=1S/C22H17Cl2NO4/c1-28-17-6-2-4-14(10-17)21(26)13-29-18-7-3-5-16(12-18)25-22(27)15-8-9-19(23)20(24)11-15/h2-12H,13H2,1H3,(H,25,27). The molecule has 0 saturated heterocycles. The van der Waals surface area contributed by atoms with E-state index in [2.05, 4.69) is 5.32 Å². The van der Waals surface area contributed by atoms with Gasteiger partial charge in [0.15, 0.2) is 12.4 Å². The number of methoxy groups -OCH3 is 1. The highest BCUT2D eigenvalue weighted by Crippen LogP contribution is 2.24. The van der Waals surface area contributed by atoms with E-state index >= 15 is 0 Å². The number of carbonyl (C=O) groups excluding carboxylic acids is 2. The van der Waals surface area contributed by atoms with Gasteiger partial charge >= 0.3 is 0 Å². The lowest BCUT2D eigenvalue weighted by Crippen LogP contribution is -2.13. The van der Waals surface area contributed by atoms with Crippen LogP contribution in [0.4, 0.5) is 5.69 Å². The van der Waals surface area contributed by atoms with Crippen molar-refractivity contribution < 1.29 is 19.1 Å². The maximum atomic E-state index is 12.4. The smallest absolute Gasteiger partial charge is 0.255 e. The largest absolute Gasteiger partial charge is 0.497 e. The zero-order valence-electron chi connectivity index (χ0n) is 15.4. The number of anilines is 1. The van der Waals surface area contributed by atoms with E-state index in [0.717, 1.165) is 0 Å². The van der Waals surface area contributed by atoms with E-state index in [4.69, 9.17) is 32.7 Å². The lowest BCUT2D eigenvalue weighted by molar-refractivity contribution is 0.0920. The molecule has 0 aliphatic heterocycles. The van der Waals surface area contributed by atoms with Crippen molar-refractivity contribution in [2.75, 3.05) is 19.0 Å². The summed E-state index contributed by atoms with van der Waals surface area (Å²) in [6.45, 7) is -0.142. The Labute approximate surface area is 178 Å². The van der Waals surface area contributed by atoms with Gasteiger partial charge in [-0.15, -0.1) is 0 Å². The van der Waals surface area contributed by atoms with E-state index in [0.29, 0.717) is 38.4 Å². The molecule has 3 rings (SSSR count). The van der Waals surface area contributed by atoms with Gasteiger partial charge in [0.05, 0.1) is 17.2 Å². The Morgan fingerprint density at radius 1 is 0.862 bits per heavy atom. The molecule has 0 radical (unpaired) electrons. The number of amides is 1. The van der Waals surface area contributed by atoms with Crippen LogP contribution in [0.15, 0.2) is 66.7 Å². The number of rotatable bonds is 7. The minimum absolute atomic E-state index is 0.142. The van der Waals surface area contributed by atoms with Gasteiger partial charge in [-0.3, -0.25) is 9.59 Å². The molecule has 3 aromatic carbocycles. The molecule has 0 fully saturated rings. The molecule has 0 aliphatic rings. The maximum absolute atomic E-state index is 12.4. The van der Waals surface area contributed by atoms with Crippen LogP contribution < -0.4 is 14.8 Å². The van der Waals surface area contributed by atoms with Crippen molar-refractivity contribution in [1.29, 1.82) is 0 Å². The molecule has 0 aromatic heterocycles. The van der Waals surface area contributed by atoms with E-state index in [1.807, 2.05) is 0 Å². The molecule has 1 amide bonds. The van der Waals surface area contributed by atoms with Crippen LogP contribution in [0.2, 0.25) is 10.0 Å². The number of ketones is 1. The Hall–Kier alpha value is -3.02. The second kappa shape index (κ2) is 9.45. The summed E-state index contributed by atoms with van der Waals surface area (Å²) in [5.74, 6) is 0.526. The third-order valence-electron chi connectivity index (χ3n) is 4.04. The van der Waals surface area contributed by atoms with E-state index in [9.17, 15) is 9.59 Å². The first-order valence-corrected chi connectivity index (χ1v) is 9.38. The fourth-order valence-corrected chi connectivity index (χ4v) is 2.83. The summed E-state index contributed by atoms with van der Waals surface area (Å²) in [7, 11) is 1.54. The molecule has 5 nitrogen and oxygen atoms in total. The predicted molar refractivity (Wildman–Crippen MR) is 114 cm³/mol. The number of hydrogen-bond donors (Lipinski definition) is 1. The van der Waals surface area contributed by atoms with Crippen LogP contribution in [0.25, 0.3) is 0 Å². The molecule has 7 heteroatoms. The van der Waals surface area contributed by atoms with E-state index in [-0.39, 0.29) is 18.3 Å². The zero-order chi connectivity index (χ0) is 20.8. The number of Topliss-reactive ketones (excluding diaryl/α,β-unsaturated/α-hetero) is 1. The van der Waals surface area contributed by atoms with Gasteiger partial charge in [0.25, 0.3) is 5.91 Å². The summed E-state index contributed by atoms with van der Waals surface area (Å²) >= 11 is 11.8. The molecular weight excluding hydrogens is 413 g/mol. The normalized spacial score (nSPS) is 10.3. The lowest BCUT2D eigenvalue weighted by Gasteiger charge is -2.10. The van der Waals surface area contributed by atoms with Crippen molar-refractivity contribution in [3.8, 4) is 11.5 Å². The average Bonchev–Trinajstić information content (AvgIpc) is 2.74. The number of halogens is 2. The fourth-order valence-electron chi connectivity index (χ4n) is 2.53. The van der Waals surface area contributed by atoms with Crippen LogP contribution in [0.1, 0.15) is 20.7 Å². The van der Waals surface area contributed by atoms with Crippen molar-refractivity contribution in [2.24, 2.45) is 0 Å². The molecule has 0 bridgehead atoms.